The van der Waals surface area contributed by atoms with Crippen molar-refractivity contribution in [1.82, 2.24) is 14.5 Å². The number of pyridine rings is 1. The van der Waals surface area contributed by atoms with Crippen molar-refractivity contribution in [2.75, 3.05) is 12.4 Å². The Morgan fingerprint density at radius 3 is 3.00 bits per heavy atom. The van der Waals surface area contributed by atoms with E-state index in [-0.39, 0.29) is 5.69 Å². The summed E-state index contributed by atoms with van der Waals surface area (Å²) in [4.78, 5) is 19.4. The smallest absolute Gasteiger partial charge is 0.347 e. The highest BCUT2D eigenvalue weighted by molar-refractivity contribution is 5.34. The average Bonchev–Trinajstić information content (AvgIpc) is 2.32. The second-order valence-electron chi connectivity index (χ2n) is 3.29. The van der Waals surface area contributed by atoms with Gasteiger partial charge in [0.2, 0.25) is 0 Å². The van der Waals surface area contributed by atoms with E-state index in [0.29, 0.717) is 6.54 Å². The number of nitrogens with one attached hydrogen (secondary N) is 1. The monoisotopic (exact) mass is 216 g/mol. The molecule has 0 atom stereocenters. The molecule has 16 heavy (non-hydrogen) atoms. The third-order valence-corrected chi connectivity index (χ3v) is 2.18. The van der Waals surface area contributed by atoms with Crippen molar-refractivity contribution in [3.05, 3.63) is 52.8 Å². The summed E-state index contributed by atoms with van der Waals surface area (Å²) < 4.78 is 1.52. The summed E-state index contributed by atoms with van der Waals surface area (Å²) >= 11 is 0. The minimum Gasteiger partial charge on any atom is -0.373 e. The molecule has 2 aromatic heterocycles. The van der Waals surface area contributed by atoms with Crippen LogP contribution in [0.1, 0.15) is 5.69 Å². The van der Waals surface area contributed by atoms with Crippen LogP contribution in [0.15, 0.2) is 41.5 Å². The lowest BCUT2D eigenvalue weighted by molar-refractivity contribution is 0.711. The van der Waals surface area contributed by atoms with Crippen LogP contribution >= 0.6 is 0 Å². The third kappa shape index (κ3) is 2.25. The van der Waals surface area contributed by atoms with E-state index in [1.165, 1.54) is 10.8 Å². The van der Waals surface area contributed by atoms with Gasteiger partial charge in [0.15, 0.2) is 0 Å². The Morgan fingerprint density at radius 1 is 1.38 bits per heavy atom. The highest BCUT2D eigenvalue weighted by Gasteiger charge is 1.99. The van der Waals surface area contributed by atoms with Crippen molar-refractivity contribution in [3.8, 4) is 0 Å². The number of rotatable bonds is 3. The summed E-state index contributed by atoms with van der Waals surface area (Å²) in [5.74, 6) is 0.787. The van der Waals surface area contributed by atoms with Crippen LogP contribution < -0.4 is 11.0 Å². The third-order valence-electron chi connectivity index (χ3n) is 2.18. The predicted molar refractivity (Wildman–Crippen MR) is 61.4 cm³/mol. The molecule has 5 heteroatoms. The Hall–Kier alpha value is -2.17. The predicted octanol–water partition coefficient (Wildman–Crippen LogP) is 0.728. The maximum absolute atomic E-state index is 11.4. The molecule has 2 rings (SSSR count). The van der Waals surface area contributed by atoms with Crippen LogP contribution in [0.4, 0.5) is 5.82 Å². The molecule has 0 saturated heterocycles. The molecule has 5 nitrogen and oxygen atoms in total. The van der Waals surface area contributed by atoms with E-state index in [1.54, 1.807) is 12.3 Å². The van der Waals surface area contributed by atoms with E-state index in [0.717, 1.165) is 11.5 Å². The minimum absolute atomic E-state index is 0.265. The van der Waals surface area contributed by atoms with Gasteiger partial charge >= 0.3 is 5.69 Å². The fourth-order valence-corrected chi connectivity index (χ4v) is 1.39. The van der Waals surface area contributed by atoms with Crippen molar-refractivity contribution in [2.24, 2.45) is 0 Å². The fourth-order valence-electron chi connectivity index (χ4n) is 1.39. The minimum atomic E-state index is -0.265. The van der Waals surface area contributed by atoms with Gasteiger partial charge in [-0.1, -0.05) is 6.07 Å². The summed E-state index contributed by atoms with van der Waals surface area (Å²) in [6.45, 7) is 0.433. The molecule has 0 saturated carbocycles. The molecule has 0 spiro atoms. The van der Waals surface area contributed by atoms with Gasteiger partial charge in [-0.3, -0.25) is 4.57 Å². The quantitative estimate of drug-likeness (QED) is 0.821. The van der Waals surface area contributed by atoms with Crippen LogP contribution in [0.2, 0.25) is 0 Å². The van der Waals surface area contributed by atoms with Crippen LogP contribution in [0.5, 0.6) is 0 Å². The number of hydrogen-bond donors (Lipinski definition) is 1. The Bertz CT molecular complexity index is 535. The highest BCUT2D eigenvalue weighted by Crippen LogP contribution is 2.04. The molecule has 0 bridgehead atoms. The number of aromatic nitrogens is 3. The molecule has 0 aromatic carbocycles. The fraction of sp³-hybridized carbons (Fsp3) is 0.182. The zero-order valence-electron chi connectivity index (χ0n) is 8.92. The second kappa shape index (κ2) is 4.57. The van der Waals surface area contributed by atoms with E-state index < -0.39 is 0 Å². The first-order chi connectivity index (χ1) is 7.79. The van der Waals surface area contributed by atoms with Gasteiger partial charge in [0.05, 0.1) is 12.2 Å². The maximum Gasteiger partial charge on any atom is 0.347 e. The largest absolute Gasteiger partial charge is 0.373 e. The lowest BCUT2D eigenvalue weighted by Crippen LogP contribution is -2.22. The van der Waals surface area contributed by atoms with Crippen LogP contribution in [-0.2, 0) is 6.54 Å². The van der Waals surface area contributed by atoms with E-state index in [1.807, 2.05) is 25.2 Å². The molecule has 0 aliphatic heterocycles. The van der Waals surface area contributed by atoms with E-state index in [2.05, 4.69) is 15.3 Å². The van der Waals surface area contributed by atoms with Crippen LogP contribution in [0.3, 0.4) is 0 Å². The Kier molecular flexibility index (Phi) is 2.95. The maximum atomic E-state index is 11.4. The van der Waals surface area contributed by atoms with Gasteiger partial charge in [0, 0.05) is 19.4 Å². The first-order valence-electron chi connectivity index (χ1n) is 4.95. The van der Waals surface area contributed by atoms with E-state index in [9.17, 15) is 4.79 Å². The zero-order valence-corrected chi connectivity index (χ0v) is 8.92. The summed E-state index contributed by atoms with van der Waals surface area (Å²) in [5, 5.41) is 2.95. The SMILES string of the molecule is CNc1cccc(Cn2cccnc2=O)n1. The number of anilines is 1. The lowest BCUT2D eigenvalue weighted by Gasteiger charge is -2.05. The number of nitrogens with zero attached hydrogens (tertiary/aromatic N) is 3. The van der Waals surface area contributed by atoms with Crippen LogP contribution in [0.25, 0.3) is 0 Å². The van der Waals surface area contributed by atoms with Gasteiger partial charge in [-0.05, 0) is 18.2 Å². The summed E-state index contributed by atoms with van der Waals surface area (Å²) in [7, 11) is 1.81. The van der Waals surface area contributed by atoms with Crippen molar-refractivity contribution in [3.63, 3.8) is 0 Å². The molecule has 0 unspecified atom stereocenters. The van der Waals surface area contributed by atoms with Gasteiger partial charge in [-0.15, -0.1) is 0 Å². The molecule has 82 valence electrons. The molecule has 2 heterocycles. The summed E-state index contributed by atoms with van der Waals surface area (Å²) in [6, 6.07) is 7.37. The van der Waals surface area contributed by atoms with Gasteiger partial charge in [-0.2, -0.15) is 0 Å². The second-order valence-corrected chi connectivity index (χ2v) is 3.29. The van der Waals surface area contributed by atoms with Gasteiger partial charge < -0.3 is 5.32 Å². The van der Waals surface area contributed by atoms with Crippen molar-refractivity contribution >= 4 is 5.82 Å². The molecule has 1 N–H and O–H groups in total. The zero-order chi connectivity index (χ0) is 11.4. The molecular formula is C11H12N4O. The Morgan fingerprint density at radius 2 is 2.25 bits per heavy atom. The molecule has 0 aliphatic rings. The van der Waals surface area contributed by atoms with Crippen molar-refractivity contribution in [1.29, 1.82) is 0 Å². The van der Waals surface area contributed by atoms with Crippen LogP contribution in [-0.4, -0.2) is 21.6 Å². The molecule has 0 fully saturated rings. The molecule has 0 amide bonds. The van der Waals surface area contributed by atoms with E-state index >= 15 is 0 Å². The highest BCUT2D eigenvalue weighted by atomic mass is 16.1. The van der Waals surface area contributed by atoms with Crippen molar-refractivity contribution in [2.45, 2.75) is 6.54 Å². The summed E-state index contributed by atoms with van der Waals surface area (Å²) in [5.41, 5.74) is 0.557. The van der Waals surface area contributed by atoms with E-state index in [4.69, 9.17) is 0 Å². The standard InChI is InChI=1S/C11H12N4O/c1-12-10-5-2-4-9(14-10)8-15-7-3-6-13-11(15)16/h2-7H,8H2,1H3,(H,12,14). The van der Waals surface area contributed by atoms with Gasteiger partial charge in [0.1, 0.15) is 5.82 Å². The Labute approximate surface area is 92.8 Å². The van der Waals surface area contributed by atoms with Gasteiger partial charge in [0.25, 0.3) is 0 Å². The summed E-state index contributed by atoms with van der Waals surface area (Å²) in [6.07, 6.45) is 3.18. The first-order valence-corrected chi connectivity index (χ1v) is 4.95. The van der Waals surface area contributed by atoms with Crippen LogP contribution in [0, 0.1) is 0 Å². The molecule has 0 aliphatic carbocycles. The number of hydrogen-bond acceptors (Lipinski definition) is 4. The lowest BCUT2D eigenvalue weighted by atomic mass is 10.3. The average molecular weight is 216 g/mol. The topological polar surface area (TPSA) is 59.8 Å². The van der Waals surface area contributed by atoms with Crippen molar-refractivity contribution < 1.29 is 0 Å². The van der Waals surface area contributed by atoms with Gasteiger partial charge in [-0.25, -0.2) is 14.8 Å². The normalized spacial score (nSPS) is 10.1. The Balaban J connectivity index is 2.27. The molecule has 2 aromatic rings. The first kappa shape index (κ1) is 10.4. The molecule has 0 radical (unpaired) electrons. The molecular weight excluding hydrogens is 204 g/mol.